The first-order valence-electron chi connectivity index (χ1n) is 12.5. The van der Waals surface area contributed by atoms with Crippen LogP contribution in [-0.2, 0) is 7.05 Å². The van der Waals surface area contributed by atoms with Gasteiger partial charge in [-0.25, -0.2) is 4.98 Å². The van der Waals surface area contributed by atoms with Gasteiger partial charge in [0.15, 0.2) is 0 Å². The first kappa shape index (κ1) is 22.5. The van der Waals surface area contributed by atoms with E-state index in [-0.39, 0.29) is 5.56 Å². The molecule has 0 spiro atoms. The molecule has 6 rings (SSSR count). The third kappa shape index (κ3) is 3.97. The fraction of sp³-hybridized carbons (Fsp3) is 0.385. The molecule has 0 radical (unpaired) electrons. The van der Waals surface area contributed by atoms with Gasteiger partial charge in [-0.05, 0) is 57.6 Å². The van der Waals surface area contributed by atoms with Gasteiger partial charge in [0, 0.05) is 37.9 Å². The molecule has 0 amide bonds. The minimum Gasteiger partial charge on any atom is -0.381 e. The number of benzene rings is 1. The maximum atomic E-state index is 13.5. The number of aryl methyl sites for hydroxylation is 2. The van der Waals surface area contributed by atoms with Gasteiger partial charge < -0.3 is 20.4 Å². The Morgan fingerprint density at radius 1 is 1.08 bits per heavy atom. The van der Waals surface area contributed by atoms with Gasteiger partial charge >= 0.3 is 0 Å². The number of para-hydroxylation sites is 1. The minimum atomic E-state index is -0.0865. The third-order valence-corrected chi connectivity index (χ3v) is 7.32. The molecule has 1 fully saturated rings. The molecule has 0 aliphatic carbocycles. The van der Waals surface area contributed by atoms with Gasteiger partial charge in [0.25, 0.3) is 5.56 Å². The molecule has 2 aliphatic heterocycles. The quantitative estimate of drug-likeness (QED) is 0.454. The number of pyridine rings is 1. The summed E-state index contributed by atoms with van der Waals surface area (Å²) >= 11 is 0. The molecule has 0 atom stereocenters. The standard InChI is InChI=1S/C26H31N9O/c1-17-5-4-6-21-23(17)27-9-12-34(21)22-13-18-14-28-26(31-24(18)33(3)25(22)36)30-19-15-29-35(16-19)20-7-10-32(2)11-8-20/h4-6,13-16,20,27H,7-12H2,1-3H3,(H,28,30,31). The summed E-state index contributed by atoms with van der Waals surface area (Å²) < 4.78 is 3.64. The van der Waals surface area contributed by atoms with Crippen molar-refractivity contribution in [1.29, 1.82) is 0 Å². The van der Waals surface area contributed by atoms with Gasteiger partial charge in [0.1, 0.15) is 11.3 Å². The molecule has 2 N–H and O–H groups in total. The normalized spacial score (nSPS) is 16.7. The Balaban J connectivity index is 1.29. The number of hydrogen-bond acceptors (Lipinski definition) is 8. The molecule has 2 aliphatic rings. The monoisotopic (exact) mass is 485 g/mol. The molecule has 1 aromatic carbocycles. The fourth-order valence-electron chi connectivity index (χ4n) is 5.24. The van der Waals surface area contributed by atoms with Gasteiger partial charge in [0.2, 0.25) is 5.95 Å². The van der Waals surface area contributed by atoms with Crippen molar-refractivity contribution in [2.75, 3.05) is 48.8 Å². The molecule has 10 heteroatoms. The van der Waals surface area contributed by atoms with Crippen molar-refractivity contribution in [1.82, 2.24) is 29.2 Å². The topological polar surface area (TPSA) is 96.1 Å². The van der Waals surface area contributed by atoms with Crippen molar-refractivity contribution in [3.63, 3.8) is 0 Å². The number of likely N-dealkylation sites (tertiary alicyclic amines) is 1. The van der Waals surface area contributed by atoms with E-state index in [0.717, 1.165) is 60.5 Å². The number of fused-ring (bicyclic) bond motifs is 2. The highest BCUT2D eigenvalue weighted by molar-refractivity contribution is 5.85. The van der Waals surface area contributed by atoms with Crippen LogP contribution in [0.1, 0.15) is 24.4 Å². The van der Waals surface area contributed by atoms with Crippen molar-refractivity contribution in [2.24, 2.45) is 7.05 Å². The van der Waals surface area contributed by atoms with Crippen LogP contribution in [0.25, 0.3) is 11.0 Å². The second-order valence-corrected chi connectivity index (χ2v) is 9.78. The summed E-state index contributed by atoms with van der Waals surface area (Å²) in [6.45, 7) is 5.71. The largest absolute Gasteiger partial charge is 0.381 e. The Kier molecular flexibility index (Phi) is 5.60. The number of piperidine rings is 1. The number of hydrogen-bond donors (Lipinski definition) is 2. The summed E-state index contributed by atoms with van der Waals surface area (Å²) in [6, 6.07) is 8.46. The van der Waals surface area contributed by atoms with Gasteiger partial charge in [-0.1, -0.05) is 12.1 Å². The first-order valence-corrected chi connectivity index (χ1v) is 12.5. The lowest BCUT2D eigenvalue weighted by Crippen LogP contribution is -2.35. The van der Waals surface area contributed by atoms with E-state index < -0.39 is 0 Å². The number of aromatic nitrogens is 5. The van der Waals surface area contributed by atoms with Crippen LogP contribution in [0.2, 0.25) is 0 Å². The number of nitrogens with zero attached hydrogens (tertiary/aromatic N) is 7. The molecule has 0 bridgehead atoms. The fourth-order valence-corrected chi connectivity index (χ4v) is 5.24. The summed E-state index contributed by atoms with van der Waals surface area (Å²) in [7, 11) is 3.92. The maximum Gasteiger partial charge on any atom is 0.275 e. The average molecular weight is 486 g/mol. The SMILES string of the molecule is Cc1cccc2c1NCCN2c1cc2cnc(Nc3cnn(C4CCN(C)CC4)c3)nc2n(C)c1=O. The van der Waals surface area contributed by atoms with Crippen LogP contribution in [0.4, 0.5) is 28.7 Å². The summed E-state index contributed by atoms with van der Waals surface area (Å²) in [4.78, 5) is 27.1. The van der Waals surface area contributed by atoms with E-state index in [1.165, 1.54) is 0 Å². The lowest BCUT2D eigenvalue weighted by Gasteiger charge is -2.32. The summed E-state index contributed by atoms with van der Waals surface area (Å²) in [5.74, 6) is 0.441. The molecular weight excluding hydrogens is 454 g/mol. The van der Waals surface area contributed by atoms with Crippen LogP contribution in [0, 0.1) is 6.92 Å². The van der Waals surface area contributed by atoms with E-state index in [1.54, 1.807) is 24.0 Å². The maximum absolute atomic E-state index is 13.5. The second-order valence-electron chi connectivity index (χ2n) is 9.78. The van der Waals surface area contributed by atoms with E-state index in [0.29, 0.717) is 29.9 Å². The van der Waals surface area contributed by atoms with Gasteiger partial charge in [-0.3, -0.25) is 14.0 Å². The van der Waals surface area contributed by atoms with Crippen LogP contribution >= 0.6 is 0 Å². The van der Waals surface area contributed by atoms with Crippen LogP contribution in [0.5, 0.6) is 0 Å². The van der Waals surface area contributed by atoms with Crippen LogP contribution in [0.3, 0.4) is 0 Å². The van der Waals surface area contributed by atoms with E-state index in [9.17, 15) is 4.79 Å². The van der Waals surface area contributed by atoms with E-state index in [4.69, 9.17) is 0 Å². The van der Waals surface area contributed by atoms with Crippen molar-refractivity contribution in [2.45, 2.75) is 25.8 Å². The average Bonchev–Trinajstić information content (AvgIpc) is 3.35. The summed E-state index contributed by atoms with van der Waals surface area (Å²) in [5, 5.41) is 12.1. The zero-order valence-corrected chi connectivity index (χ0v) is 20.9. The van der Waals surface area contributed by atoms with Gasteiger partial charge in [-0.2, -0.15) is 10.1 Å². The number of rotatable bonds is 4. The predicted octanol–water partition coefficient (Wildman–Crippen LogP) is 3.41. The van der Waals surface area contributed by atoms with Gasteiger partial charge in [0.05, 0.1) is 29.3 Å². The van der Waals surface area contributed by atoms with Crippen molar-refractivity contribution in [3.8, 4) is 0 Å². The zero-order chi connectivity index (χ0) is 24.8. The van der Waals surface area contributed by atoms with E-state index in [1.807, 2.05) is 29.1 Å². The Morgan fingerprint density at radius 3 is 2.75 bits per heavy atom. The molecule has 4 aromatic rings. The highest BCUT2D eigenvalue weighted by Crippen LogP contribution is 2.36. The van der Waals surface area contributed by atoms with Crippen molar-refractivity contribution < 1.29 is 0 Å². The van der Waals surface area contributed by atoms with Crippen LogP contribution in [0.15, 0.2) is 47.7 Å². The Bertz CT molecular complexity index is 1480. The molecule has 36 heavy (non-hydrogen) atoms. The molecule has 186 valence electrons. The Morgan fingerprint density at radius 2 is 1.92 bits per heavy atom. The molecular formula is C26H31N9O. The lowest BCUT2D eigenvalue weighted by atomic mass is 10.1. The third-order valence-electron chi connectivity index (χ3n) is 7.32. The Labute approximate surface area is 209 Å². The molecule has 0 unspecified atom stereocenters. The van der Waals surface area contributed by atoms with Crippen LogP contribution in [-0.4, -0.2) is 62.4 Å². The number of anilines is 5. The smallest absolute Gasteiger partial charge is 0.275 e. The van der Waals surface area contributed by atoms with E-state index in [2.05, 4.69) is 55.5 Å². The highest BCUT2D eigenvalue weighted by Gasteiger charge is 2.23. The van der Waals surface area contributed by atoms with Crippen molar-refractivity contribution >= 4 is 39.7 Å². The lowest BCUT2D eigenvalue weighted by molar-refractivity contribution is 0.212. The van der Waals surface area contributed by atoms with Gasteiger partial charge in [-0.15, -0.1) is 0 Å². The molecule has 10 nitrogen and oxygen atoms in total. The summed E-state index contributed by atoms with van der Waals surface area (Å²) in [5.41, 5.74) is 5.21. The molecule has 5 heterocycles. The second kappa shape index (κ2) is 8.94. The summed E-state index contributed by atoms with van der Waals surface area (Å²) in [6.07, 6.45) is 7.76. The van der Waals surface area contributed by atoms with E-state index >= 15 is 0 Å². The minimum absolute atomic E-state index is 0.0865. The highest BCUT2D eigenvalue weighted by atomic mass is 16.1. The Hall–Kier alpha value is -3.92. The predicted molar refractivity (Wildman–Crippen MR) is 143 cm³/mol. The molecule has 1 saturated heterocycles. The molecule has 3 aromatic heterocycles. The van der Waals surface area contributed by atoms with Crippen LogP contribution < -0.4 is 21.1 Å². The van der Waals surface area contributed by atoms with Crippen molar-refractivity contribution in [3.05, 3.63) is 58.8 Å². The molecule has 0 saturated carbocycles. The zero-order valence-electron chi connectivity index (χ0n) is 20.9. The first-order chi connectivity index (χ1) is 17.5. The number of nitrogens with one attached hydrogen (secondary N) is 2.